The van der Waals surface area contributed by atoms with Gasteiger partial charge in [0.05, 0.1) is 0 Å². The van der Waals surface area contributed by atoms with Crippen molar-refractivity contribution < 1.29 is 5.11 Å². The molecule has 0 saturated carbocycles. The van der Waals surface area contributed by atoms with Gasteiger partial charge in [-0.15, -0.1) is 0 Å². The Bertz CT molecular complexity index is 647. The van der Waals surface area contributed by atoms with Crippen molar-refractivity contribution in [2.24, 2.45) is 0 Å². The number of nitrogens with one attached hydrogen (secondary N) is 1. The topological polar surface area (TPSA) is 35.5 Å². The summed E-state index contributed by atoms with van der Waals surface area (Å²) in [6, 6.07) is 12.7. The lowest BCUT2D eigenvalue weighted by Gasteiger charge is -2.33. The number of hydrogen-bond acceptors (Lipinski definition) is 3. The first-order valence-electron chi connectivity index (χ1n) is 8.55. The molecule has 0 unspecified atom stereocenters. The minimum atomic E-state index is 0.383. The predicted octanol–water partition coefficient (Wildman–Crippen LogP) is 4.85. The highest BCUT2D eigenvalue weighted by Crippen LogP contribution is 2.26. The average Bonchev–Trinajstić information content (AvgIpc) is 2.56. The molecule has 2 N–H and O–H groups in total. The van der Waals surface area contributed by atoms with E-state index in [-0.39, 0.29) is 0 Å². The third-order valence-electron chi connectivity index (χ3n) is 4.78. The Kier molecular flexibility index (Phi) is 5.47. The molecule has 1 saturated heterocycles. The van der Waals surface area contributed by atoms with Crippen molar-refractivity contribution >= 4 is 21.6 Å². The van der Waals surface area contributed by atoms with E-state index < -0.39 is 0 Å². The Morgan fingerprint density at radius 2 is 1.88 bits per heavy atom. The van der Waals surface area contributed by atoms with Gasteiger partial charge < -0.3 is 10.4 Å². The van der Waals surface area contributed by atoms with Gasteiger partial charge >= 0.3 is 0 Å². The summed E-state index contributed by atoms with van der Waals surface area (Å²) in [5.41, 5.74) is 4.86. The molecular formula is C20H25BrN2O. The number of aryl methyl sites for hydroxylation is 2. The zero-order valence-electron chi connectivity index (χ0n) is 14.3. The summed E-state index contributed by atoms with van der Waals surface area (Å²) in [7, 11) is 0. The highest BCUT2D eigenvalue weighted by atomic mass is 79.9. The first-order chi connectivity index (χ1) is 11.5. The number of hydrogen-bond donors (Lipinski definition) is 2. The second-order valence-corrected chi connectivity index (χ2v) is 7.70. The molecule has 0 aliphatic carbocycles. The van der Waals surface area contributed by atoms with Crippen LogP contribution in [-0.4, -0.2) is 29.1 Å². The average molecular weight is 389 g/mol. The van der Waals surface area contributed by atoms with Crippen molar-refractivity contribution in [1.82, 2.24) is 4.90 Å². The molecule has 0 aromatic heterocycles. The summed E-state index contributed by atoms with van der Waals surface area (Å²) in [4.78, 5) is 2.42. The maximum Gasteiger partial charge on any atom is 0.120 e. The second kappa shape index (κ2) is 7.58. The van der Waals surface area contributed by atoms with E-state index in [4.69, 9.17) is 0 Å². The van der Waals surface area contributed by atoms with Crippen LogP contribution in [0.1, 0.15) is 29.5 Å². The van der Waals surface area contributed by atoms with E-state index in [2.05, 4.69) is 58.2 Å². The van der Waals surface area contributed by atoms with Crippen molar-refractivity contribution in [2.45, 2.75) is 39.3 Å². The number of phenolic OH excluding ortho intramolecular Hbond substituents is 1. The van der Waals surface area contributed by atoms with Crippen molar-refractivity contribution in [1.29, 1.82) is 0 Å². The van der Waals surface area contributed by atoms with Crippen LogP contribution in [0.2, 0.25) is 0 Å². The van der Waals surface area contributed by atoms with Gasteiger partial charge in [0.1, 0.15) is 5.75 Å². The van der Waals surface area contributed by atoms with Gasteiger partial charge in [0.15, 0.2) is 0 Å². The number of piperidine rings is 1. The van der Waals surface area contributed by atoms with Gasteiger partial charge in [-0.25, -0.2) is 0 Å². The van der Waals surface area contributed by atoms with Crippen molar-refractivity contribution in [3.63, 3.8) is 0 Å². The lowest BCUT2D eigenvalue weighted by molar-refractivity contribution is 0.209. The minimum absolute atomic E-state index is 0.383. The molecule has 3 rings (SSSR count). The van der Waals surface area contributed by atoms with Crippen LogP contribution in [0.3, 0.4) is 0 Å². The Hall–Kier alpha value is -1.52. The zero-order chi connectivity index (χ0) is 17.1. The van der Waals surface area contributed by atoms with Crippen LogP contribution >= 0.6 is 15.9 Å². The van der Waals surface area contributed by atoms with E-state index in [0.717, 1.165) is 42.5 Å². The Labute approximate surface area is 152 Å². The van der Waals surface area contributed by atoms with Gasteiger partial charge in [-0.1, -0.05) is 28.1 Å². The Morgan fingerprint density at radius 1 is 1.12 bits per heavy atom. The molecule has 0 amide bonds. The number of halogens is 1. The number of nitrogens with zero attached hydrogens (tertiary/aromatic N) is 1. The molecule has 0 spiro atoms. The summed E-state index contributed by atoms with van der Waals surface area (Å²) < 4.78 is 1.02. The second-order valence-electron chi connectivity index (χ2n) is 6.79. The van der Waals surface area contributed by atoms with E-state index in [1.165, 1.54) is 16.8 Å². The highest BCUT2D eigenvalue weighted by Gasteiger charge is 2.20. The van der Waals surface area contributed by atoms with Gasteiger partial charge in [0.25, 0.3) is 0 Å². The SMILES string of the molecule is Cc1ccc(C)c(NC2CCN(Cc3cc(Br)ccc3O)CC2)c1. The number of rotatable bonds is 4. The molecule has 1 fully saturated rings. The Morgan fingerprint density at radius 3 is 2.62 bits per heavy atom. The quantitative estimate of drug-likeness (QED) is 0.785. The molecule has 1 aliphatic rings. The third-order valence-corrected chi connectivity index (χ3v) is 5.27. The maximum absolute atomic E-state index is 10.0. The summed E-state index contributed by atoms with van der Waals surface area (Å²) in [6.45, 7) is 7.20. The van der Waals surface area contributed by atoms with Gasteiger partial charge in [0, 0.05) is 41.4 Å². The van der Waals surface area contributed by atoms with Crippen molar-refractivity contribution in [2.75, 3.05) is 18.4 Å². The van der Waals surface area contributed by atoms with Crippen LogP contribution < -0.4 is 5.32 Å². The molecule has 0 radical (unpaired) electrons. The molecule has 4 heteroatoms. The normalized spacial score (nSPS) is 16.3. The molecule has 0 atom stereocenters. The zero-order valence-corrected chi connectivity index (χ0v) is 15.9. The third kappa shape index (κ3) is 4.31. The minimum Gasteiger partial charge on any atom is -0.508 e. The van der Waals surface area contributed by atoms with Crippen molar-refractivity contribution in [3.8, 4) is 5.75 Å². The summed E-state index contributed by atoms with van der Waals surface area (Å²) in [6.07, 6.45) is 2.25. The van der Waals surface area contributed by atoms with E-state index in [9.17, 15) is 5.11 Å². The Balaban J connectivity index is 1.56. The highest BCUT2D eigenvalue weighted by molar-refractivity contribution is 9.10. The fourth-order valence-corrected chi connectivity index (χ4v) is 3.68. The fourth-order valence-electron chi connectivity index (χ4n) is 3.27. The van der Waals surface area contributed by atoms with Crippen LogP contribution in [0.5, 0.6) is 5.75 Å². The maximum atomic E-state index is 10.0. The van der Waals surface area contributed by atoms with Crippen LogP contribution in [0.25, 0.3) is 0 Å². The van der Waals surface area contributed by atoms with Gasteiger partial charge in [0.2, 0.25) is 0 Å². The number of anilines is 1. The van der Waals surface area contributed by atoms with Crippen LogP contribution in [-0.2, 0) is 6.54 Å². The first kappa shape index (κ1) is 17.3. The number of likely N-dealkylation sites (tertiary alicyclic amines) is 1. The summed E-state index contributed by atoms with van der Waals surface area (Å²) in [5, 5.41) is 13.7. The lowest BCUT2D eigenvalue weighted by Crippen LogP contribution is -2.38. The molecule has 2 aromatic rings. The number of aromatic hydroxyl groups is 1. The molecule has 3 nitrogen and oxygen atoms in total. The van der Waals surface area contributed by atoms with E-state index in [1.807, 2.05) is 12.1 Å². The molecule has 2 aromatic carbocycles. The standard InChI is InChI=1S/C20H25BrN2O/c1-14-3-4-15(2)19(11-14)22-18-7-9-23(10-8-18)13-16-12-17(21)5-6-20(16)24/h3-6,11-12,18,22,24H,7-10,13H2,1-2H3. The van der Waals surface area contributed by atoms with E-state index in [1.54, 1.807) is 6.07 Å². The van der Waals surface area contributed by atoms with Crippen LogP contribution in [0.15, 0.2) is 40.9 Å². The lowest BCUT2D eigenvalue weighted by atomic mass is 10.0. The molecule has 1 heterocycles. The number of benzene rings is 2. The predicted molar refractivity (Wildman–Crippen MR) is 104 cm³/mol. The van der Waals surface area contributed by atoms with Crippen LogP contribution in [0.4, 0.5) is 5.69 Å². The number of phenols is 1. The smallest absolute Gasteiger partial charge is 0.120 e. The largest absolute Gasteiger partial charge is 0.508 e. The van der Waals surface area contributed by atoms with E-state index in [0.29, 0.717) is 11.8 Å². The summed E-state index contributed by atoms with van der Waals surface area (Å²) in [5.74, 6) is 0.383. The van der Waals surface area contributed by atoms with E-state index >= 15 is 0 Å². The van der Waals surface area contributed by atoms with Crippen molar-refractivity contribution in [3.05, 3.63) is 57.6 Å². The molecule has 128 valence electrons. The summed E-state index contributed by atoms with van der Waals surface area (Å²) >= 11 is 3.48. The molecule has 24 heavy (non-hydrogen) atoms. The van der Waals surface area contributed by atoms with Gasteiger partial charge in [-0.2, -0.15) is 0 Å². The fraction of sp³-hybridized carbons (Fsp3) is 0.400. The van der Waals surface area contributed by atoms with Crippen LogP contribution in [0, 0.1) is 13.8 Å². The molecular weight excluding hydrogens is 364 g/mol. The first-order valence-corrected chi connectivity index (χ1v) is 9.34. The molecule has 0 bridgehead atoms. The van der Waals surface area contributed by atoms with Gasteiger partial charge in [-0.05, 0) is 62.1 Å². The van der Waals surface area contributed by atoms with Gasteiger partial charge in [-0.3, -0.25) is 4.90 Å². The monoisotopic (exact) mass is 388 g/mol. The molecule has 1 aliphatic heterocycles.